The van der Waals surface area contributed by atoms with Crippen LogP contribution >= 0.6 is 0 Å². The topological polar surface area (TPSA) is 153 Å². The summed E-state index contributed by atoms with van der Waals surface area (Å²) >= 11 is 0. The highest BCUT2D eigenvalue weighted by Gasteiger charge is 2.33. The zero-order valence-electron chi connectivity index (χ0n) is 17.7. The number of aliphatic carboxylic acids is 1. The Hall–Kier alpha value is -2.50. The van der Waals surface area contributed by atoms with E-state index in [-0.39, 0.29) is 18.0 Å². The van der Waals surface area contributed by atoms with E-state index in [1.807, 2.05) is 6.92 Å². The van der Waals surface area contributed by atoms with Gasteiger partial charge in [-0.05, 0) is 45.7 Å². The fourth-order valence-electron chi connectivity index (χ4n) is 3.36. The largest absolute Gasteiger partial charge is 0.480 e. The van der Waals surface area contributed by atoms with Crippen LogP contribution in [0.3, 0.4) is 0 Å². The van der Waals surface area contributed by atoms with E-state index >= 15 is 0 Å². The molecule has 0 unspecified atom stereocenters. The van der Waals surface area contributed by atoms with Crippen molar-refractivity contribution in [3.63, 3.8) is 0 Å². The maximum absolute atomic E-state index is 12.7. The second-order valence-electron chi connectivity index (χ2n) is 7.82. The van der Waals surface area contributed by atoms with Crippen LogP contribution in [0.5, 0.6) is 0 Å². The average molecular weight is 456 g/mol. The summed E-state index contributed by atoms with van der Waals surface area (Å²) in [4.78, 5) is 37.7. The number of hydrogen-bond acceptors (Lipinski definition) is 6. The first-order valence-corrected chi connectivity index (χ1v) is 11.5. The van der Waals surface area contributed by atoms with Crippen LogP contribution in [-0.2, 0) is 24.4 Å². The van der Waals surface area contributed by atoms with Gasteiger partial charge in [0, 0.05) is 19.0 Å². The molecule has 0 aromatic heterocycles. The van der Waals surface area contributed by atoms with Crippen molar-refractivity contribution in [3.05, 3.63) is 29.8 Å². The molecule has 1 aromatic carbocycles. The Balaban J connectivity index is 1.91. The van der Waals surface area contributed by atoms with Gasteiger partial charge in [-0.15, -0.1) is 0 Å². The van der Waals surface area contributed by atoms with Crippen LogP contribution in [0.4, 0.5) is 0 Å². The van der Waals surface area contributed by atoms with Gasteiger partial charge >= 0.3 is 5.97 Å². The molecule has 172 valence electrons. The molecule has 1 aliphatic heterocycles. The molecule has 1 fully saturated rings. The van der Waals surface area contributed by atoms with Gasteiger partial charge < -0.3 is 20.4 Å². The van der Waals surface area contributed by atoms with Gasteiger partial charge in [0.2, 0.25) is 21.8 Å². The first-order chi connectivity index (χ1) is 14.4. The molecule has 4 N–H and O–H groups in total. The number of sulfonamides is 1. The minimum absolute atomic E-state index is 0.0687. The molecule has 31 heavy (non-hydrogen) atoms. The number of carbonyl (C=O) groups is 3. The molecule has 0 radical (unpaired) electrons. The van der Waals surface area contributed by atoms with Gasteiger partial charge in [0.1, 0.15) is 0 Å². The molecule has 11 heteroatoms. The molecule has 1 aliphatic rings. The van der Waals surface area contributed by atoms with E-state index in [1.54, 1.807) is 12.1 Å². The Kier molecular flexibility index (Phi) is 8.15. The van der Waals surface area contributed by atoms with Crippen LogP contribution in [0.1, 0.15) is 32.3 Å². The smallest absolute Gasteiger partial charge is 0.328 e. The maximum atomic E-state index is 12.7. The minimum atomic E-state index is -3.85. The first kappa shape index (κ1) is 24.8. The highest BCUT2D eigenvalue weighted by atomic mass is 32.2. The number of amides is 2. The molecule has 0 bridgehead atoms. The average Bonchev–Trinajstić information content (AvgIpc) is 2.70. The quantitative estimate of drug-likeness (QED) is 0.425. The number of aliphatic hydroxyl groups excluding tert-OH is 1. The molecule has 10 nitrogen and oxygen atoms in total. The highest BCUT2D eigenvalue weighted by Crippen LogP contribution is 2.19. The summed E-state index contributed by atoms with van der Waals surface area (Å²) in [5, 5.41) is 20.9. The molecular formula is C20H29N3O7S. The first-order valence-electron chi connectivity index (χ1n) is 10.0. The molecule has 0 spiro atoms. The van der Waals surface area contributed by atoms with Crippen LogP contribution in [0.15, 0.2) is 29.2 Å². The van der Waals surface area contributed by atoms with Crippen LogP contribution in [-0.4, -0.2) is 72.6 Å². The van der Waals surface area contributed by atoms with Crippen molar-refractivity contribution >= 4 is 27.8 Å². The number of aryl methyl sites for hydroxylation is 1. The Morgan fingerprint density at radius 2 is 1.65 bits per heavy atom. The normalized spacial score (nSPS) is 18.1. The van der Waals surface area contributed by atoms with Crippen molar-refractivity contribution < 1.29 is 33.0 Å². The Labute approximate surface area is 181 Å². The monoisotopic (exact) mass is 455 g/mol. The molecule has 2 rings (SSSR count). The Morgan fingerprint density at radius 1 is 1.10 bits per heavy atom. The number of benzene rings is 1. The van der Waals surface area contributed by atoms with Crippen molar-refractivity contribution in [2.45, 2.75) is 56.7 Å². The lowest BCUT2D eigenvalue weighted by atomic mass is 9.95. The maximum Gasteiger partial charge on any atom is 0.328 e. The number of likely N-dealkylation sites (tertiary alicyclic amines) is 1. The van der Waals surface area contributed by atoms with Gasteiger partial charge in [0.05, 0.1) is 17.0 Å². The number of rotatable bonds is 8. The lowest BCUT2D eigenvalue weighted by molar-refractivity contribution is -0.146. The van der Waals surface area contributed by atoms with Gasteiger partial charge in [-0.3, -0.25) is 9.59 Å². The number of nitrogens with zero attached hydrogens (tertiary/aromatic N) is 1. The molecule has 2 amide bonds. The van der Waals surface area contributed by atoms with Gasteiger partial charge in [-0.25, -0.2) is 13.2 Å². The number of carboxylic acids is 1. The van der Waals surface area contributed by atoms with E-state index < -0.39 is 51.9 Å². The van der Waals surface area contributed by atoms with Crippen LogP contribution in [0.25, 0.3) is 0 Å². The standard InChI is InChI=1S/C20H29N3O7S/c1-12-4-6-16(7-5-12)31(29,30)22-13(2)19(26)23-10-8-15(9-11-23)18(25)21-17(14(3)24)20(27)28/h4-7,13-15,17,22,24H,8-11H2,1-3H3,(H,21,25)(H,27,28)/t13-,14+,17-/m0/s1. The highest BCUT2D eigenvalue weighted by molar-refractivity contribution is 7.89. The summed E-state index contributed by atoms with van der Waals surface area (Å²) in [5.74, 6) is -2.72. The van der Waals surface area contributed by atoms with Crippen molar-refractivity contribution in [1.82, 2.24) is 14.9 Å². The summed E-state index contributed by atoms with van der Waals surface area (Å²) < 4.78 is 27.4. The SMILES string of the molecule is Cc1ccc(S(=O)(=O)N[C@@H](C)C(=O)N2CCC(C(=O)N[C@H](C(=O)O)[C@@H](C)O)CC2)cc1. The molecule has 0 aliphatic carbocycles. The molecule has 1 heterocycles. The summed E-state index contributed by atoms with van der Waals surface area (Å²) in [6, 6.07) is 3.89. The summed E-state index contributed by atoms with van der Waals surface area (Å²) in [7, 11) is -3.85. The number of piperidine rings is 1. The van der Waals surface area contributed by atoms with Crippen molar-refractivity contribution in [2.75, 3.05) is 13.1 Å². The predicted octanol–water partition coefficient (Wildman–Crippen LogP) is -0.149. The fraction of sp³-hybridized carbons (Fsp3) is 0.550. The summed E-state index contributed by atoms with van der Waals surface area (Å²) in [6.45, 7) is 5.05. The number of carbonyl (C=O) groups excluding carboxylic acids is 2. The van der Waals surface area contributed by atoms with Crippen LogP contribution < -0.4 is 10.0 Å². The van der Waals surface area contributed by atoms with Gasteiger partial charge in [-0.1, -0.05) is 17.7 Å². The van der Waals surface area contributed by atoms with Crippen LogP contribution in [0.2, 0.25) is 0 Å². The van der Waals surface area contributed by atoms with E-state index in [1.165, 1.54) is 30.9 Å². The zero-order chi connectivity index (χ0) is 23.3. The number of carboxylic acid groups (broad SMARTS) is 1. The number of aliphatic hydroxyl groups is 1. The van der Waals surface area contributed by atoms with Crippen molar-refractivity contribution in [3.8, 4) is 0 Å². The molecule has 1 saturated heterocycles. The number of nitrogens with one attached hydrogen (secondary N) is 2. The van der Waals surface area contributed by atoms with E-state index in [4.69, 9.17) is 5.11 Å². The predicted molar refractivity (Wildman–Crippen MR) is 112 cm³/mol. The molecular weight excluding hydrogens is 426 g/mol. The zero-order valence-corrected chi connectivity index (χ0v) is 18.6. The Morgan fingerprint density at radius 3 is 2.13 bits per heavy atom. The second-order valence-corrected chi connectivity index (χ2v) is 9.53. The van der Waals surface area contributed by atoms with Crippen LogP contribution in [0, 0.1) is 12.8 Å². The third-order valence-corrected chi connectivity index (χ3v) is 6.81. The third kappa shape index (κ3) is 6.49. The van der Waals surface area contributed by atoms with E-state index in [2.05, 4.69) is 10.0 Å². The molecule has 0 saturated carbocycles. The van der Waals surface area contributed by atoms with E-state index in [9.17, 15) is 27.9 Å². The van der Waals surface area contributed by atoms with Crippen molar-refractivity contribution in [1.29, 1.82) is 0 Å². The Bertz CT molecular complexity index is 907. The molecule has 3 atom stereocenters. The van der Waals surface area contributed by atoms with Gasteiger partial charge in [0.15, 0.2) is 6.04 Å². The van der Waals surface area contributed by atoms with E-state index in [0.29, 0.717) is 12.8 Å². The lowest BCUT2D eigenvalue weighted by Gasteiger charge is -2.33. The van der Waals surface area contributed by atoms with Gasteiger partial charge in [0.25, 0.3) is 0 Å². The minimum Gasteiger partial charge on any atom is -0.480 e. The van der Waals surface area contributed by atoms with E-state index in [0.717, 1.165) is 5.56 Å². The van der Waals surface area contributed by atoms with Crippen molar-refractivity contribution in [2.24, 2.45) is 5.92 Å². The number of hydrogen-bond donors (Lipinski definition) is 4. The second kappa shape index (κ2) is 10.2. The fourth-order valence-corrected chi connectivity index (χ4v) is 4.56. The summed E-state index contributed by atoms with van der Waals surface area (Å²) in [5.41, 5.74) is 0.915. The van der Waals surface area contributed by atoms with Gasteiger partial charge in [-0.2, -0.15) is 4.72 Å². The summed E-state index contributed by atoms with van der Waals surface area (Å²) in [6.07, 6.45) is -0.631. The lowest BCUT2D eigenvalue weighted by Crippen LogP contribution is -2.53. The molecule has 1 aromatic rings. The third-order valence-electron chi connectivity index (χ3n) is 5.26.